The van der Waals surface area contributed by atoms with Gasteiger partial charge < -0.3 is 24.8 Å². The maximum Gasteiger partial charge on any atom is 0.243 e. The normalized spacial score (nSPS) is 12.9. The van der Waals surface area contributed by atoms with Crippen LogP contribution in [0.1, 0.15) is 12.0 Å². The first-order valence-corrected chi connectivity index (χ1v) is 8.72. The van der Waals surface area contributed by atoms with Gasteiger partial charge in [-0.2, -0.15) is 0 Å². The molecular weight excluding hydrogens is 356 g/mol. The maximum atomic E-state index is 12.3. The van der Waals surface area contributed by atoms with E-state index in [1.807, 2.05) is 25.1 Å². The van der Waals surface area contributed by atoms with Crippen LogP contribution in [-0.4, -0.2) is 32.8 Å². The van der Waals surface area contributed by atoms with Gasteiger partial charge >= 0.3 is 0 Å². The molecule has 0 aromatic heterocycles. The summed E-state index contributed by atoms with van der Waals surface area (Å²) in [7, 11) is 1.57. The number of halogens is 1. The number of ether oxygens (including phenoxy) is 3. The lowest BCUT2D eigenvalue weighted by molar-refractivity contribution is -0.114. The molecule has 1 heterocycles. The van der Waals surface area contributed by atoms with Crippen molar-refractivity contribution < 1.29 is 19.0 Å². The molecule has 6 nitrogen and oxygen atoms in total. The van der Waals surface area contributed by atoms with Crippen LogP contribution >= 0.6 is 11.6 Å². The van der Waals surface area contributed by atoms with Crippen molar-refractivity contribution in [2.24, 2.45) is 0 Å². The van der Waals surface area contributed by atoms with Crippen molar-refractivity contribution in [1.82, 2.24) is 0 Å². The minimum absolute atomic E-state index is 0.0520. The second kappa shape index (κ2) is 8.19. The van der Waals surface area contributed by atoms with Gasteiger partial charge in [-0.1, -0.05) is 17.7 Å². The third kappa shape index (κ3) is 4.32. The van der Waals surface area contributed by atoms with Gasteiger partial charge in [0.2, 0.25) is 5.91 Å². The van der Waals surface area contributed by atoms with E-state index in [1.54, 1.807) is 19.2 Å². The van der Waals surface area contributed by atoms with E-state index in [0.717, 1.165) is 12.0 Å². The van der Waals surface area contributed by atoms with Crippen LogP contribution in [0.15, 0.2) is 30.3 Å². The van der Waals surface area contributed by atoms with Gasteiger partial charge in [-0.25, -0.2) is 0 Å². The number of nitrogens with one attached hydrogen (secondary N) is 2. The number of anilines is 2. The van der Waals surface area contributed by atoms with Gasteiger partial charge in [-0.3, -0.25) is 4.79 Å². The molecule has 1 aliphatic rings. The highest BCUT2D eigenvalue weighted by molar-refractivity contribution is 6.33. The average molecular weight is 377 g/mol. The summed E-state index contributed by atoms with van der Waals surface area (Å²) in [6, 6.07) is 9.05. The summed E-state index contributed by atoms with van der Waals surface area (Å²) in [6.45, 7) is 3.18. The zero-order valence-electron chi connectivity index (χ0n) is 14.7. The Balaban J connectivity index is 1.66. The molecule has 0 atom stereocenters. The number of fused-ring (bicyclic) bond motifs is 1. The standard InChI is InChI=1S/C19H21ClN2O4/c1-12-4-5-16(24-2)15(8-12)22-19(23)11-21-14-10-18-17(9-13(14)20)25-6-3-7-26-18/h4-5,8-10,21H,3,6-7,11H2,1-2H3,(H,22,23). The van der Waals surface area contributed by atoms with Gasteiger partial charge in [-0.05, 0) is 24.6 Å². The van der Waals surface area contributed by atoms with E-state index in [4.69, 9.17) is 25.8 Å². The van der Waals surface area contributed by atoms with E-state index in [1.165, 1.54) is 0 Å². The second-order valence-corrected chi connectivity index (χ2v) is 6.34. The van der Waals surface area contributed by atoms with Crippen molar-refractivity contribution in [3.05, 3.63) is 40.9 Å². The Kier molecular flexibility index (Phi) is 5.73. The molecule has 0 saturated carbocycles. The van der Waals surface area contributed by atoms with Crippen molar-refractivity contribution in [3.8, 4) is 17.2 Å². The molecule has 26 heavy (non-hydrogen) atoms. The number of benzene rings is 2. The highest BCUT2D eigenvalue weighted by Gasteiger charge is 2.15. The third-order valence-corrected chi connectivity index (χ3v) is 4.22. The molecule has 1 aliphatic heterocycles. The lowest BCUT2D eigenvalue weighted by atomic mass is 10.2. The minimum atomic E-state index is -0.211. The fraction of sp³-hybridized carbons (Fsp3) is 0.316. The van der Waals surface area contributed by atoms with Crippen molar-refractivity contribution in [3.63, 3.8) is 0 Å². The molecule has 0 bridgehead atoms. The monoisotopic (exact) mass is 376 g/mol. The molecule has 138 valence electrons. The number of rotatable bonds is 5. The minimum Gasteiger partial charge on any atom is -0.495 e. The van der Waals surface area contributed by atoms with Gasteiger partial charge in [0.15, 0.2) is 11.5 Å². The number of hydrogen-bond donors (Lipinski definition) is 2. The number of carbonyl (C=O) groups is 1. The van der Waals surface area contributed by atoms with Gasteiger partial charge in [0.25, 0.3) is 0 Å². The van der Waals surface area contributed by atoms with Crippen molar-refractivity contribution in [1.29, 1.82) is 0 Å². The van der Waals surface area contributed by atoms with Crippen molar-refractivity contribution in [2.45, 2.75) is 13.3 Å². The van der Waals surface area contributed by atoms with Crippen LogP contribution in [0.25, 0.3) is 0 Å². The summed E-state index contributed by atoms with van der Waals surface area (Å²) < 4.78 is 16.5. The van der Waals surface area contributed by atoms with E-state index in [9.17, 15) is 4.79 Å². The first kappa shape index (κ1) is 18.2. The summed E-state index contributed by atoms with van der Waals surface area (Å²) in [5.41, 5.74) is 2.27. The second-order valence-electron chi connectivity index (χ2n) is 5.93. The summed E-state index contributed by atoms with van der Waals surface area (Å²) in [5.74, 6) is 1.64. The molecule has 2 aromatic rings. The molecule has 0 saturated heterocycles. The zero-order valence-corrected chi connectivity index (χ0v) is 15.5. The highest BCUT2D eigenvalue weighted by atomic mass is 35.5. The van der Waals surface area contributed by atoms with Gasteiger partial charge in [0, 0.05) is 18.6 Å². The van der Waals surface area contributed by atoms with Crippen molar-refractivity contribution >= 4 is 28.9 Å². The van der Waals surface area contributed by atoms with Crippen LogP contribution < -0.4 is 24.8 Å². The Morgan fingerprint density at radius 2 is 1.88 bits per heavy atom. The van der Waals surface area contributed by atoms with E-state index in [2.05, 4.69) is 10.6 Å². The molecule has 0 unspecified atom stereocenters. The molecular formula is C19H21ClN2O4. The third-order valence-electron chi connectivity index (χ3n) is 3.91. The highest BCUT2D eigenvalue weighted by Crippen LogP contribution is 2.37. The molecule has 1 amide bonds. The van der Waals surface area contributed by atoms with Gasteiger partial charge in [0.05, 0.1) is 43.3 Å². The molecule has 0 fully saturated rings. The Bertz CT molecular complexity index is 810. The summed E-state index contributed by atoms with van der Waals surface area (Å²) >= 11 is 6.28. The fourth-order valence-corrected chi connectivity index (χ4v) is 2.83. The van der Waals surface area contributed by atoms with E-state index in [-0.39, 0.29) is 12.5 Å². The summed E-state index contributed by atoms with van der Waals surface area (Å²) in [6.07, 6.45) is 0.815. The molecule has 0 spiro atoms. The Labute approximate surface area is 157 Å². The Morgan fingerprint density at radius 3 is 2.62 bits per heavy atom. The first-order valence-electron chi connectivity index (χ1n) is 8.34. The van der Waals surface area contributed by atoms with Crippen LogP contribution in [0.2, 0.25) is 5.02 Å². The van der Waals surface area contributed by atoms with Gasteiger partial charge in [0.1, 0.15) is 5.75 Å². The van der Waals surface area contributed by atoms with Crippen LogP contribution in [0.3, 0.4) is 0 Å². The largest absolute Gasteiger partial charge is 0.495 e. The number of aryl methyl sites for hydroxylation is 1. The van der Waals surface area contributed by atoms with Crippen LogP contribution in [-0.2, 0) is 4.79 Å². The Hall–Kier alpha value is -2.60. The maximum absolute atomic E-state index is 12.3. The Morgan fingerprint density at radius 1 is 1.15 bits per heavy atom. The topological polar surface area (TPSA) is 68.8 Å². The molecule has 3 rings (SSSR count). The number of methoxy groups -OCH3 is 1. The lowest BCUT2D eigenvalue weighted by Gasteiger charge is -2.14. The van der Waals surface area contributed by atoms with Crippen molar-refractivity contribution in [2.75, 3.05) is 37.5 Å². The first-order chi connectivity index (χ1) is 12.6. The number of carbonyl (C=O) groups excluding carboxylic acids is 1. The molecule has 7 heteroatoms. The lowest BCUT2D eigenvalue weighted by Crippen LogP contribution is -2.22. The van der Waals surface area contributed by atoms with Crippen LogP contribution in [0, 0.1) is 6.92 Å². The van der Waals surface area contributed by atoms with Crippen LogP contribution in [0.5, 0.6) is 17.2 Å². The molecule has 0 radical (unpaired) electrons. The molecule has 2 N–H and O–H groups in total. The summed E-state index contributed by atoms with van der Waals surface area (Å²) in [4.78, 5) is 12.3. The number of hydrogen-bond acceptors (Lipinski definition) is 5. The summed E-state index contributed by atoms with van der Waals surface area (Å²) in [5, 5.41) is 6.34. The average Bonchev–Trinajstić information content (AvgIpc) is 2.84. The molecule has 0 aliphatic carbocycles. The zero-order chi connectivity index (χ0) is 18.5. The smallest absolute Gasteiger partial charge is 0.243 e. The van der Waals surface area contributed by atoms with E-state index in [0.29, 0.717) is 46.9 Å². The molecule has 2 aromatic carbocycles. The van der Waals surface area contributed by atoms with Gasteiger partial charge in [-0.15, -0.1) is 0 Å². The predicted molar refractivity (Wildman–Crippen MR) is 102 cm³/mol. The predicted octanol–water partition coefficient (Wildman–Crippen LogP) is 3.87. The SMILES string of the molecule is COc1ccc(C)cc1NC(=O)CNc1cc2c(cc1Cl)OCCCO2. The number of amides is 1. The van der Waals surface area contributed by atoms with E-state index >= 15 is 0 Å². The van der Waals surface area contributed by atoms with E-state index < -0.39 is 0 Å². The fourth-order valence-electron chi connectivity index (χ4n) is 2.61. The quantitative estimate of drug-likeness (QED) is 0.829. The van der Waals surface area contributed by atoms with Crippen LogP contribution in [0.4, 0.5) is 11.4 Å².